The Morgan fingerprint density at radius 1 is 1.47 bits per heavy atom. The van der Waals surface area contributed by atoms with Gasteiger partial charge in [-0.1, -0.05) is 12.2 Å². The number of hydrogen-bond donors (Lipinski definition) is 3. The summed E-state index contributed by atoms with van der Waals surface area (Å²) in [7, 11) is -0.323. The molecule has 0 saturated heterocycles. The van der Waals surface area contributed by atoms with Crippen LogP contribution in [0.15, 0.2) is 18.2 Å². The van der Waals surface area contributed by atoms with E-state index in [0.717, 1.165) is 0 Å². The predicted molar refractivity (Wildman–Crippen MR) is 80.2 cm³/mol. The summed E-state index contributed by atoms with van der Waals surface area (Å²) in [6.07, 6.45) is 0. The maximum atomic E-state index is 11.3. The van der Waals surface area contributed by atoms with E-state index < -0.39 is 10.0 Å². The van der Waals surface area contributed by atoms with Crippen molar-refractivity contribution in [1.82, 2.24) is 4.72 Å². The Hall–Kier alpha value is -1.38. The van der Waals surface area contributed by atoms with Crippen LogP contribution < -0.4 is 20.5 Å². The fraction of sp³-hybridized carbons (Fsp3) is 0.364. The van der Waals surface area contributed by atoms with Gasteiger partial charge in [0.2, 0.25) is 10.0 Å². The molecule has 8 heteroatoms. The Morgan fingerprint density at radius 2 is 2.16 bits per heavy atom. The maximum Gasteiger partial charge on any atom is 0.213 e. The first-order valence-electron chi connectivity index (χ1n) is 5.52. The largest absolute Gasteiger partial charge is 0.497 e. The van der Waals surface area contributed by atoms with E-state index in [-0.39, 0.29) is 17.3 Å². The number of benzene rings is 1. The minimum absolute atomic E-state index is 0.0442. The molecule has 0 spiro atoms. The first-order chi connectivity index (χ1) is 8.89. The van der Waals surface area contributed by atoms with Crippen LogP contribution in [0.1, 0.15) is 5.56 Å². The molecule has 1 aromatic rings. The van der Waals surface area contributed by atoms with Crippen molar-refractivity contribution in [3.05, 3.63) is 23.8 Å². The molecule has 1 aromatic carbocycles. The third-order valence-electron chi connectivity index (χ3n) is 2.49. The normalized spacial score (nSPS) is 11.1. The number of thiocarbonyl (C=S) groups is 1. The highest BCUT2D eigenvalue weighted by atomic mass is 32.2. The van der Waals surface area contributed by atoms with Crippen LogP contribution in [0.5, 0.6) is 5.75 Å². The topological polar surface area (TPSA) is 93.5 Å². The lowest BCUT2D eigenvalue weighted by Crippen LogP contribution is -2.26. The van der Waals surface area contributed by atoms with Gasteiger partial charge in [-0.05, 0) is 19.2 Å². The van der Waals surface area contributed by atoms with Gasteiger partial charge in [0.15, 0.2) is 0 Å². The van der Waals surface area contributed by atoms with Crippen molar-refractivity contribution in [2.45, 2.75) is 0 Å². The summed E-state index contributed by atoms with van der Waals surface area (Å²) in [4.78, 5) is 0.238. The second-order valence-electron chi connectivity index (χ2n) is 3.73. The molecule has 4 N–H and O–H groups in total. The zero-order valence-corrected chi connectivity index (χ0v) is 12.4. The molecule has 0 bridgehead atoms. The summed E-state index contributed by atoms with van der Waals surface area (Å²) in [5.41, 5.74) is 6.91. The molecule has 6 nitrogen and oxygen atoms in total. The molecule has 0 radical (unpaired) electrons. The van der Waals surface area contributed by atoms with Crippen molar-refractivity contribution < 1.29 is 13.2 Å². The van der Waals surface area contributed by atoms with Gasteiger partial charge in [0, 0.05) is 23.9 Å². The molecule has 0 atom stereocenters. The molecule has 0 amide bonds. The zero-order valence-electron chi connectivity index (χ0n) is 10.8. The van der Waals surface area contributed by atoms with E-state index in [9.17, 15) is 8.42 Å². The van der Waals surface area contributed by atoms with E-state index in [2.05, 4.69) is 10.0 Å². The van der Waals surface area contributed by atoms with Crippen molar-refractivity contribution in [3.8, 4) is 5.75 Å². The van der Waals surface area contributed by atoms with E-state index in [1.807, 2.05) is 0 Å². The summed E-state index contributed by atoms with van der Waals surface area (Å²) in [6, 6.07) is 5.20. The van der Waals surface area contributed by atoms with Gasteiger partial charge in [0.25, 0.3) is 0 Å². The third kappa shape index (κ3) is 4.66. The Labute approximate surface area is 118 Å². The van der Waals surface area contributed by atoms with Crippen LogP contribution in [0.25, 0.3) is 0 Å². The van der Waals surface area contributed by atoms with Crippen LogP contribution in [-0.2, 0) is 10.0 Å². The highest BCUT2D eigenvalue weighted by Gasteiger charge is 2.09. The quantitative estimate of drug-likeness (QED) is 0.627. The average molecular weight is 303 g/mol. The van der Waals surface area contributed by atoms with E-state index in [1.165, 1.54) is 7.05 Å². The number of rotatable bonds is 7. The van der Waals surface area contributed by atoms with E-state index in [1.54, 1.807) is 25.3 Å². The van der Waals surface area contributed by atoms with Crippen LogP contribution in [-0.4, -0.2) is 39.9 Å². The van der Waals surface area contributed by atoms with Gasteiger partial charge >= 0.3 is 0 Å². The zero-order chi connectivity index (χ0) is 14.5. The molecule has 19 heavy (non-hydrogen) atoms. The van der Waals surface area contributed by atoms with Crippen LogP contribution in [0.3, 0.4) is 0 Å². The summed E-state index contributed by atoms with van der Waals surface area (Å²) >= 11 is 4.94. The minimum atomic E-state index is -3.25. The highest BCUT2D eigenvalue weighted by Crippen LogP contribution is 2.22. The lowest BCUT2D eigenvalue weighted by molar-refractivity contribution is 0.415. The Bertz CT molecular complexity index is 558. The summed E-state index contributed by atoms with van der Waals surface area (Å²) in [6.45, 7) is 0.242. The molecule has 106 valence electrons. The van der Waals surface area contributed by atoms with Gasteiger partial charge < -0.3 is 15.8 Å². The molecule has 0 saturated carbocycles. The van der Waals surface area contributed by atoms with Crippen molar-refractivity contribution in [3.63, 3.8) is 0 Å². The fourth-order valence-electron chi connectivity index (χ4n) is 1.43. The molecule has 0 aliphatic rings. The standard InChI is InChI=1S/C11H17N3O3S2/c1-13-19(15,16)6-5-14-10-7-8(17-2)3-4-9(10)11(12)18/h3-4,7,13-14H,5-6H2,1-2H3,(H2,12,18). The van der Waals surface area contributed by atoms with Crippen LogP contribution in [0.4, 0.5) is 5.69 Å². The van der Waals surface area contributed by atoms with E-state index >= 15 is 0 Å². The lowest BCUT2D eigenvalue weighted by atomic mass is 10.1. The van der Waals surface area contributed by atoms with E-state index in [4.69, 9.17) is 22.7 Å². The Balaban J connectivity index is 2.84. The maximum absolute atomic E-state index is 11.3. The summed E-state index contributed by atoms with van der Waals surface area (Å²) in [5.74, 6) is 0.594. The minimum Gasteiger partial charge on any atom is -0.497 e. The van der Waals surface area contributed by atoms with Gasteiger partial charge in [0.1, 0.15) is 10.7 Å². The molecular weight excluding hydrogens is 286 g/mol. The van der Waals surface area contributed by atoms with Crippen LogP contribution in [0.2, 0.25) is 0 Å². The first-order valence-corrected chi connectivity index (χ1v) is 7.58. The number of nitrogens with two attached hydrogens (primary N) is 1. The molecule has 0 fully saturated rings. The van der Waals surface area contributed by atoms with Gasteiger partial charge in [0.05, 0.1) is 12.9 Å². The second kappa shape index (κ2) is 6.69. The Morgan fingerprint density at radius 3 is 2.68 bits per heavy atom. The fourth-order valence-corrected chi connectivity index (χ4v) is 2.19. The number of ether oxygens (including phenoxy) is 1. The second-order valence-corrected chi connectivity index (χ2v) is 6.21. The molecule has 0 aliphatic heterocycles. The summed E-state index contributed by atoms with van der Waals surface area (Å²) < 4.78 is 30.0. The van der Waals surface area contributed by atoms with Crippen LogP contribution in [0, 0.1) is 0 Å². The first kappa shape index (κ1) is 15.7. The van der Waals surface area contributed by atoms with Crippen molar-refractivity contribution >= 4 is 32.9 Å². The van der Waals surface area contributed by atoms with Crippen molar-refractivity contribution in [2.75, 3.05) is 31.8 Å². The van der Waals surface area contributed by atoms with Gasteiger partial charge in [-0.2, -0.15) is 0 Å². The predicted octanol–water partition coefficient (Wildman–Crippen LogP) is 0.290. The Kier molecular flexibility index (Phi) is 5.52. The molecule has 0 aliphatic carbocycles. The number of hydrogen-bond acceptors (Lipinski definition) is 5. The van der Waals surface area contributed by atoms with Gasteiger partial charge in [-0.3, -0.25) is 0 Å². The van der Waals surface area contributed by atoms with Gasteiger partial charge in [-0.25, -0.2) is 13.1 Å². The van der Waals surface area contributed by atoms with E-state index in [0.29, 0.717) is 17.0 Å². The summed E-state index contributed by atoms with van der Waals surface area (Å²) in [5, 5.41) is 2.99. The number of nitrogens with one attached hydrogen (secondary N) is 2. The SMILES string of the molecule is CNS(=O)(=O)CCNc1cc(OC)ccc1C(N)=S. The highest BCUT2D eigenvalue weighted by molar-refractivity contribution is 7.89. The lowest BCUT2D eigenvalue weighted by Gasteiger charge is -2.12. The monoisotopic (exact) mass is 303 g/mol. The average Bonchev–Trinajstić information content (AvgIpc) is 2.38. The van der Waals surface area contributed by atoms with Crippen molar-refractivity contribution in [1.29, 1.82) is 0 Å². The molecule has 1 rings (SSSR count). The van der Waals surface area contributed by atoms with Crippen molar-refractivity contribution in [2.24, 2.45) is 5.73 Å². The molecule has 0 heterocycles. The molecule has 0 aromatic heterocycles. The smallest absolute Gasteiger partial charge is 0.213 e. The number of methoxy groups -OCH3 is 1. The molecular formula is C11H17N3O3S2. The van der Waals surface area contributed by atoms with Gasteiger partial charge in [-0.15, -0.1) is 0 Å². The van der Waals surface area contributed by atoms with Crippen LogP contribution >= 0.6 is 12.2 Å². The number of anilines is 1. The molecule has 0 unspecified atom stereocenters. The number of sulfonamides is 1. The third-order valence-corrected chi connectivity index (χ3v) is 4.07.